The number of ether oxygens (including phenoxy) is 1. The number of hydrogen-bond acceptors (Lipinski definition) is 4. The fourth-order valence-corrected chi connectivity index (χ4v) is 2.55. The average Bonchev–Trinajstić information content (AvgIpc) is 2.75. The molecule has 0 saturated carbocycles. The summed E-state index contributed by atoms with van der Waals surface area (Å²) in [6, 6.07) is 24.0. The topological polar surface area (TPSA) is 79.8 Å². The van der Waals surface area contributed by atoms with Crippen molar-refractivity contribution in [1.82, 2.24) is 5.43 Å². The minimum absolute atomic E-state index is 0.549. The molecule has 3 aromatic carbocycles. The number of nitrogens with zero attached hydrogens (tertiary/aromatic N) is 1. The number of para-hydroxylation sites is 1. The molecule has 0 atom stereocenters. The Bertz CT molecular complexity index is 983. The molecule has 3 aromatic rings. The number of methoxy groups -OCH3 is 1. The maximum absolute atomic E-state index is 12.2. The van der Waals surface area contributed by atoms with Gasteiger partial charge in [0.15, 0.2) is 0 Å². The van der Waals surface area contributed by atoms with Gasteiger partial charge in [-0.05, 0) is 41.5 Å². The molecule has 0 aliphatic rings. The second kappa shape index (κ2) is 9.14. The van der Waals surface area contributed by atoms with Crippen LogP contribution in [0.3, 0.4) is 0 Å². The lowest BCUT2D eigenvalue weighted by Crippen LogP contribution is -2.32. The molecule has 0 radical (unpaired) electrons. The Hall–Kier alpha value is -3.93. The number of carbonyl (C=O) groups is 2. The Morgan fingerprint density at radius 3 is 2.25 bits per heavy atom. The van der Waals surface area contributed by atoms with Crippen molar-refractivity contribution in [3.8, 4) is 16.9 Å². The molecule has 6 nitrogen and oxygen atoms in total. The van der Waals surface area contributed by atoms with Crippen LogP contribution in [0.1, 0.15) is 5.56 Å². The lowest BCUT2D eigenvalue weighted by atomic mass is 10.0. The molecule has 2 N–H and O–H groups in total. The van der Waals surface area contributed by atoms with Gasteiger partial charge in [0.05, 0.1) is 13.3 Å². The van der Waals surface area contributed by atoms with Gasteiger partial charge in [0.2, 0.25) is 0 Å². The van der Waals surface area contributed by atoms with E-state index in [-0.39, 0.29) is 0 Å². The number of benzene rings is 3. The van der Waals surface area contributed by atoms with Crippen LogP contribution in [0.5, 0.6) is 5.75 Å². The van der Waals surface area contributed by atoms with Crippen molar-refractivity contribution in [1.29, 1.82) is 0 Å². The van der Waals surface area contributed by atoms with E-state index in [2.05, 4.69) is 15.8 Å². The maximum Gasteiger partial charge on any atom is 0.329 e. The Balaban J connectivity index is 1.63. The highest BCUT2D eigenvalue weighted by Gasteiger charge is 2.15. The van der Waals surface area contributed by atoms with Gasteiger partial charge < -0.3 is 10.1 Å². The van der Waals surface area contributed by atoms with E-state index in [0.717, 1.165) is 22.4 Å². The van der Waals surface area contributed by atoms with Gasteiger partial charge in [-0.2, -0.15) is 5.10 Å². The first-order valence-electron chi connectivity index (χ1n) is 8.60. The summed E-state index contributed by atoms with van der Waals surface area (Å²) in [5.74, 6) is -0.930. The molecular weight excluding hydrogens is 354 g/mol. The number of nitrogens with one attached hydrogen (secondary N) is 2. The van der Waals surface area contributed by atoms with E-state index < -0.39 is 11.8 Å². The predicted molar refractivity (Wildman–Crippen MR) is 109 cm³/mol. The number of rotatable bonds is 5. The van der Waals surface area contributed by atoms with Gasteiger partial charge in [-0.3, -0.25) is 9.59 Å². The summed E-state index contributed by atoms with van der Waals surface area (Å²) in [4.78, 5) is 24.2. The summed E-state index contributed by atoms with van der Waals surface area (Å²) in [5.41, 5.74) is 5.30. The largest absolute Gasteiger partial charge is 0.497 e. The molecule has 0 unspecified atom stereocenters. The molecule has 0 saturated heterocycles. The lowest BCUT2D eigenvalue weighted by Gasteiger charge is -2.10. The molecule has 0 aliphatic carbocycles. The first-order valence-corrected chi connectivity index (χ1v) is 8.60. The third-order valence-electron chi connectivity index (χ3n) is 3.96. The Kier molecular flexibility index (Phi) is 6.15. The highest BCUT2D eigenvalue weighted by atomic mass is 16.5. The van der Waals surface area contributed by atoms with E-state index >= 15 is 0 Å². The van der Waals surface area contributed by atoms with Crippen molar-refractivity contribution >= 4 is 23.7 Å². The molecule has 0 heterocycles. The van der Waals surface area contributed by atoms with Crippen LogP contribution >= 0.6 is 0 Å². The molecule has 0 spiro atoms. The van der Waals surface area contributed by atoms with Gasteiger partial charge in [0.25, 0.3) is 0 Å². The second-order valence-corrected chi connectivity index (χ2v) is 5.84. The standard InChI is InChI=1S/C22H19N3O3/c1-28-18-13-11-16(12-14-18)15-23-25-22(27)21(26)24-20-10-6-5-9-19(20)17-7-3-2-4-8-17/h2-15H,1H3,(H,24,26)(H,25,27)/b23-15-. The van der Waals surface area contributed by atoms with Crippen molar-refractivity contribution in [2.75, 3.05) is 12.4 Å². The smallest absolute Gasteiger partial charge is 0.329 e. The Labute approximate surface area is 162 Å². The van der Waals surface area contributed by atoms with Crippen LogP contribution in [-0.2, 0) is 9.59 Å². The lowest BCUT2D eigenvalue weighted by molar-refractivity contribution is -0.136. The number of hydrogen-bond donors (Lipinski definition) is 2. The third-order valence-corrected chi connectivity index (χ3v) is 3.96. The zero-order valence-corrected chi connectivity index (χ0v) is 15.3. The zero-order chi connectivity index (χ0) is 19.8. The fraction of sp³-hybridized carbons (Fsp3) is 0.0455. The van der Waals surface area contributed by atoms with Gasteiger partial charge in [-0.15, -0.1) is 0 Å². The van der Waals surface area contributed by atoms with Gasteiger partial charge >= 0.3 is 11.8 Å². The van der Waals surface area contributed by atoms with Crippen LogP contribution in [-0.4, -0.2) is 25.1 Å². The van der Waals surface area contributed by atoms with Gasteiger partial charge in [-0.1, -0.05) is 48.5 Å². The highest BCUT2D eigenvalue weighted by molar-refractivity contribution is 6.39. The first kappa shape index (κ1) is 18.8. The average molecular weight is 373 g/mol. The van der Waals surface area contributed by atoms with Crippen LogP contribution in [0, 0.1) is 0 Å². The predicted octanol–water partition coefficient (Wildman–Crippen LogP) is 3.45. The quantitative estimate of drug-likeness (QED) is 0.408. The van der Waals surface area contributed by atoms with Gasteiger partial charge in [0.1, 0.15) is 5.75 Å². The van der Waals surface area contributed by atoms with E-state index in [4.69, 9.17) is 4.74 Å². The number of hydrazone groups is 1. The van der Waals surface area contributed by atoms with Gasteiger partial charge in [-0.25, -0.2) is 5.43 Å². The summed E-state index contributed by atoms with van der Waals surface area (Å²) in [6.07, 6.45) is 1.45. The van der Waals surface area contributed by atoms with E-state index in [1.807, 2.05) is 42.5 Å². The monoisotopic (exact) mass is 373 g/mol. The number of amides is 2. The second-order valence-electron chi connectivity index (χ2n) is 5.84. The van der Waals surface area contributed by atoms with Gasteiger partial charge in [0, 0.05) is 11.3 Å². The minimum Gasteiger partial charge on any atom is -0.497 e. The maximum atomic E-state index is 12.2. The van der Waals surface area contributed by atoms with Crippen molar-refractivity contribution in [3.63, 3.8) is 0 Å². The van der Waals surface area contributed by atoms with Crippen LogP contribution in [0.2, 0.25) is 0 Å². The SMILES string of the molecule is COc1ccc(/C=N\NC(=O)C(=O)Nc2ccccc2-c2ccccc2)cc1. The number of anilines is 1. The van der Waals surface area contributed by atoms with Crippen molar-refractivity contribution in [3.05, 3.63) is 84.4 Å². The Morgan fingerprint density at radius 2 is 1.54 bits per heavy atom. The van der Waals surface area contributed by atoms with Crippen molar-refractivity contribution < 1.29 is 14.3 Å². The minimum atomic E-state index is -0.854. The molecule has 0 aromatic heterocycles. The number of carbonyl (C=O) groups excluding carboxylic acids is 2. The molecule has 3 rings (SSSR count). The van der Waals surface area contributed by atoms with Crippen LogP contribution < -0.4 is 15.5 Å². The van der Waals surface area contributed by atoms with E-state index in [1.54, 1.807) is 43.5 Å². The summed E-state index contributed by atoms with van der Waals surface area (Å²) < 4.78 is 5.07. The highest BCUT2D eigenvalue weighted by Crippen LogP contribution is 2.27. The van der Waals surface area contributed by atoms with Crippen molar-refractivity contribution in [2.24, 2.45) is 5.10 Å². The first-order chi connectivity index (χ1) is 13.7. The molecular formula is C22H19N3O3. The van der Waals surface area contributed by atoms with Crippen LogP contribution in [0.15, 0.2) is 84.0 Å². The molecule has 0 aliphatic heterocycles. The fourth-order valence-electron chi connectivity index (χ4n) is 2.55. The Morgan fingerprint density at radius 1 is 0.857 bits per heavy atom. The molecule has 6 heteroatoms. The van der Waals surface area contributed by atoms with Crippen LogP contribution in [0.4, 0.5) is 5.69 Å². The van der Waals surface area contributed by atoms with E-state index in [0.29, 0.717) is 5.69 Å². The summed E-state index contributed by atoms with van der Waals surface area (Å²) in [6.45, 7) is 0. The summed E-state index contributed by atoms with van der Waals surface area (Å²) in [5, 5.41) is 6.45. The van der Waals surface area contributed by atoms with Crippen LogP contribution in [0.25, 0.3) is 11.1 Å². The molecule has 140 valence electrons. The van der Waals surface area contributed by atoms with E-state index in [1.165, 1.54) is 6.21 Å². The zero-order valence-electron chi connectivity index (χ0n) is 15.3. The molecule has 0 fully saturated rings. The van der Waals surface area contributed by atoms with Crippen molar-refractivity contribution in [2.45, 2.75) is 0 Å². The summed E-state index contributed by atoms with van der Waals surface area (Å²) in [7, 11) is 1.58. The molecule has 0 bridgehead atoms. The normalized spacial score (nSPS) is 10.5. The molecule has 2 amide bonds. The molecule has 28 heavy (non-hydrogen) atoms. The van der Waals surface area contributed by atoms with E-state index in [9.17, 15) is 9.59 Å². The third kappa shape index (κ3) is 4.82. The summed E-state index contributed by atoms with van der Waals surface area (Å²) >= 11 is 0.